The van der Waals surface area contributed by atoms with E-state index < -0.39 is 5.97 Å². The second-order valence-electron chi connectivity index (χ2n) is 4.49. The number of para-hydroxylation sites is 1. The Morgan fingerprint density at radius 2 is 2.00 bits per heavy atom. The number of aromatic carboxylic acids is 1. The second kappa shape index (κ2) is 5.76. The lowest BCUT2D eigenvalue weighted by Crippen LogP contribution is -1.94. The number of thiophene rings is 1. The van der Waals surface area contributed by atoms with Gasteiger partial charge in [-0.3, -0.25) is 0 Å². The Morgan fingerprint density at radius 3 is 2.76 bits per heavy atom. The molecule has 0 aliphatic heterocycles. The van der Waals surface area contributed by atoms with Crippen molar-refractivity contribution in [1.82, 2.24) is 0 Å². The van der Waals surface area contributed by atoms with Crippen molar-refractivity contribution in [3.63, 3.8) is 0 Å². The van der Waals surface area contributed by atoms with Crippen LogP contribution in [-0.2, 0) is 6.61 Å². The summed E-state index contributed by atoms with van der Waals surface area (Å²) in [5.41, 5.74) is 0.291. The summed E-state index contributed by atoms with van der Waals surface area (Å²) >= 11 is 7.62. The maximum atomic E-state index is 11.0. The lowest BCUT2D eigenvalue weighted by Gasteiger charge is -2.05. The first-order valence-electron chi connectivity index (χ1n) is 6.26. The minimum atomic E-state index is -0.919. The van der Waals surface area contributed by atoms with Gasteiger partial charge in [0.15, 0.2) is 0 Å². The van der Waals surface area contributed by atoms with Crippen LogP contribution in [0.25, 0.3) is 10.1 Å². The SMILES string of the molecule is O=C(O)c1ccc2sc(COc3ccccc3Cl)cc2c1. The molecule has 2 aromatic carbocycles. The van der Waals surface area contributed by atoms with Crippen LogP contribution in [0.3, 0.4) is 0 Å². The summed E-state index contributed by atoms with van der Waals surface area (Å²) in [7, 11) is 0. The normalized spacial score (nSPS) is 10.7. The molecule has 106 valence electrons. The second-order valence-corrected chi connectivity index (χ2v) is 6.07. The van der Waals surface area contributed by atoms with E-state index in [1.54, 1.807) is 29.5 Å². The molecule has 21 heavy (non-hydrogen) atoms. The molecular weight excluding hydrogens is 308 g/mol. The Kier molecular flexibility index (Phi) is 3.82. The van der Waals surface area contributed by atoms with Gasteiger partial charge < -0.3 is 9.84 Å². The molecule has 0 saturated carbocycles. The van der Waals surface area contributed by atoms with Crippen LogP contribution < -0.4 is 4.74 Å². The molecule has 0 saturated heterocycles. The first-order chi connectivity index (χ1) is 10.1. The quantitative estimate of drug-likeness (QED) is 0.749. The number of ether oxygens (including phenoxy) is 1. The molecule has 1 heterocycles. The van der Waals surface area contributed by atoms with E-state index in [9.17, 15) is 4.79 Å². The van der Waals surface area contributed by atoms with Crippen molar-refractivity contribution in [2.75, 3.05) is 0 Å². The highest BCUT2D eigenvalue weighted by molar-refractivity contribution is 7.19. The zero-order chi connectivity index (χ0) is 14.8. The molecular formula is C16H11ClO3S. The van der Waals surface area contributed by atoms with Crippen LogP contribution >= 0.6 is 22.9 Å². The van der Waals surface area contributed by atoms with E-state index in [-0.39, 0.29) is 0 Å². The highest BCUT2D eigenvalue weighted by Gasteiger charge is 2.08. The summed E-state index contributed by atoms with van der Waals surface area (Å²) in [6.07, 6.45) is 0. The monoisotopic (exact) mass is 318 g/mol. The number of rotatable bonds is 4. The molecule has 0 atom stereocenters. The summed E-state index contributed by atoms with van der Waals surface area (Å²) in [6, 6.07) is 14.4. The van der Waals surface area contributed by atoms with Gasteiger partial charge in [0.2, 0.25) is 0 Å². The maximum absolute atomic E-state index is 11.0. The number of hydrogen-bond donors (Lipinski definition) is 1. The first kappa shape index (κ1) is 13.9. The highest BCUT2D eigenvalue weighted by Crippen LogP contribution is 2.29. The zero-order valence-electron chi connectivity index (χ0n) is 10.9. The smallest absolute Gasteiger partial charge is 0.335 e. The molecule has 0 spiro atoms. The summed E-state index contributed by atoms with van der Waals surface area (Å²) < 4.78 is 6.73. The van der Waals surface area contributed by atoms with Crippen molar-refractivity contribution < 1.29 is 14.6 Å². The van der Waals surface area contributed by atoms with E-state index in [2.05, 4.69) is 0 Å². The molecule has 3 nitrogen and oxygen atoms in total. The molecule has 3 aromatic rings. The van der Waals surface area contributed by atoms with Crippen molar-refractivity contribution in [3.05, 3.63) is 64.0 Å². The lowest BCUT2D eigenvalue weighted by molar-refractivity contribution is 0.0697. The molecule has 0 aliphatic rings. The van der Waals surface area contributed by atoms with Gasteiger partial charge in [-0.25, -0.2) is 4.79 Å². The third-order valence-electron chi connectivity index (χ3n) is 3.02. The number of fused-ring (bicyclic) bond motifs is 1. The van der Waals surface area contributed by atoms with Crippen LogP contribution in [0.2, 0.25) is 5.02 Å². The number of halogens is 1. The first-order valence-corrected chi connectivity index (χ1v) is 7.46. The van der Waals surface area contributed by atoms with Gasteiger partial charge in [0.25, 0.3) is 0 Å². The Balaban J connectivity index is 1.82. The maximum Gasteiger partial charge on any atom is 0.335 e. The number of carboxylic acids is 1. The Labute approximate surface area is 130 Å². The summed E-state index contributed by atoms with van der Waals surface area (Å²) in [5, 5.41) is 10.5. The molecule has 3 rings (SSSR count). The fourth-order valence-electron chi connectivity index (χ4n) is 2.01. The van der Waals surface area contributed by atoms with Gasteiger partial charge in [-0.2, -0.15) is 0 Å². The third-order valence-corrected chi connectivity index (χ3v) is 4.42. The van der Waals surface area contributed by atoms with Crippen molar-refractivity contribution in [1.29, 1.82) is 0 Å². The van der Waals surface area contributed by atoms with E-state index in [1.807, 2.05) is 30.3 Å². The number of benzene rings is 2. The Morgan fingerprint density at radius 1 is 1.19 bits per heavy atom. The van der Waals surface area contributed by atoms with Crippen molar-refractivity contribution in [3.8, 4) is 5.75 Å². The molecule has 0 amide bonds. The van der Waals surface area contributed by atoms with Gasteiger partial charge in [-0.05, 0) is 41.8 Å². The van der Waals surface area contributed by atoms with Crippen molar-refractivity contribution in [2.45, 2.75) is 6.61 Å². The van der Waals surface area contributed by atoms with Crippen LogP contribution in [0, 0.1) is 0 Å². The molecule has 1 N–H and O–H groups in total. The summed E-state index contributed by atoms with van der Waals surface area (Å²) in [4.78, 5) is 12.0. The molecule has 0 aliphatic carbocycles. The van der Waals surface area contributed by atoms with Gasteiger partial charge in [0.1, 0.15) is 12.4 Å². The number of carbonyl (C=O) groups is 1. The van der Waals surface area contributed by atoms with E-state index in [0.717, 1.165) is 15.0 Å². The minimum absolute atomic E-state index is 0.291. The van der Waals surface area contributed by atoms with E-state index >= 15 is 0 Å². The Bertz CT molecular complexity index is 810. The molecule has 0 radical (unpaired) electrons. The van der Waals surface area contributed by atoms with E-state index in [1.165, 1.54) is 0 Å². The van der Waals surface area contributed by atoms with Crippen LogP contribution in [-0.4, -0.2) is 11.1 Å². The van der Waals surface area contributed by atoms with Crippen molar-refractivity contribution in [2.24, 2.45) is 0 Å². The highest BCUT2D eigenvalue weighted by atomic mass is 35.5. The van der Waals surface area contributed by atoms with Gasteiger partial charge in [-0.15, -0.1) is 11.3 Å². The minimum Gasteiger partial charge on any atom is -0.487 e. The lowest BCUT2D eigenvalue weighted by atomic mass is 10.1. The van der Waals surface area contributed by atoms with E-state index in [0.29, 0.717) is 22.9 Å². The van der Waals surface area contributed by atoms with Crippen LogP contribution in [0.4, 0.5) is 0 Å². The van der Waals surface area contributed by atoms with Gasteiger partial charge in [-0.1, -0.05) is 23.7 Å². The van der Waals surface area contributed by atoms with Gasteiger partial charge in [0, 0.05) is 9.58 Å². The predicted molar refractivity (Wildman–Crippen MR) is 84.6 cm³/mol. The Hall–Kier alpha value is -2.04. The predicted octanol–water partition coefficient (Wildman–Crippen LogP) is 4.83. The fraction of sp³-hybridized carbons (Fsp3) is 0.0625. The molecule has 5 heteroatoms. The zero-order valence-corrected chi connectivity index (χ0v) is 12.4. The molecule has 0 fully saturated rings. The molecule has 0 bridgehead atoms. The third kappa shape index (κ3) is 3.01. The van der Waals surface area contributed by atoms with E-state index in [4.69, 9.17) is 21.4 Å². The largest absolute Gasteiger partial charge is 0.487 e. The van der Waals surface area contributed by atoms with Gasteiger partial charge >= 0.3 is 5.97 Å². The van der Waals surface area contributed by atoms with Crippen LogP contribution in [0.15, 0.2) is 48.5 Å². The molecule has 1 aromatic heterocycles. The summed E-state index contributed by atoms with van der Waals surface area (Å²) in [6.45, 7) is 0.408. The number of carboxylic acid groups (broad SMARTS) is 1. The fourth-order valence-corrected chi connectivity index (χ4v) is 3.16. The standard InChI is InChI=1S/C16H11ClO3S/c17-13-3-1-2-4-14(13)20-9-12-8-11-7-10(16(18)19)5-6-15(11)21-12/h1-8H,9H2,(H,18,19). The van der Waals surface area contributed by atoms with Crippen molar-refractivity contribution >= 4 is 39.0 Å². The van der Waals surface area contributed by atoms with Gasteiger partial charge in [0.05, 0.1) is 10.6 Å². The number of hydrogen-bond acceptors (Lipinski definition) is 3. The van der Waals surface area contributed by atoms with Crippen LogP contribution in [0.1, 0.15) is 15.2 Å². The van der Waals surface area contributed by atoms with Crippen LogP contribution in [0.5, 0.6) is 5.75 Å². The average Bonchev–Trinajstić information content (AvgIpc) is 2.88. The summed E-state index contributed by atoms with van der Waals surface area (Å²) in [5.74, 6) is -0.278. The molecule has 0 unspecified atom stereocenters. The average molecular weight is 319 g/mol. The topological polar surface area (TPSA) is 46.5 Å².